The zero-order valence-corrected chi connectivity index (χ0v) is 11.9. The molecule has 0 amide bonds. The number of hydrogen-bond acceptors (Lipinski definition) is 2. The maximum absolute atomic E-state index is 11.3. The number of carbonyl (C=O) groups is 1. The first-order valence-corrected chi connectivity index (χ1v) is 6.42. The number of aliphatic carboxylic acids is 1. The van der Waals surface area contributed by atoms with E-state index in [1.807, 2.05) is 50.2 Å². The molecular formula is C13H18BrNO2. The zero-order valence-electron chi connectivity index (χ0n) is 10.4. The lowest BCUT2D eigenvalue weighted by atomic mass is 9.90. The Balaban J connectivity index is 3.18. The molecule has 1 aromatic carbocycles. The number of benzene rings is 1. The fourth-order valence-corrected chi connectivity index (χ4v) is 2.62. The van der Waals surface area contributed by atoms with Crippen LogP contribution in [0.1, 0.15) is 24.9 Å². The first-order valence-electron chi connectivity index (χ1n) is 5.62. The van der Waals surface area contributed by atoms with Crippen LogP contribution < -0.4 is 0 Å². The SMILES string of the molecule is CCC(C(=O)O)C(c1ccccc1Br)N(C)C. The van der Waals surface area contributed by atoms with Crippen LogP contribution in [0.4, 0.5) is 0 Å². The van der Waals surface area contributed by atoms with E-state index in [9.17, 15) is 9.90 Å². The molecular weight excluding hydrogens is 282 g/mol. The van der Waals surface area contributed by atoms with Gasteiger partial charge in [-0.2, -0.15) is 0 Å². The molecule has 0 saturated heterocycles. The molecule has 3 nitrogen and oxygen atoms in total. The molecule has 0 saturated carbocycles. The second kappa shape index (κ2) is 6.17. The lowest BCUT2D eigenvalue weighted by Crippen LogP contribution is -2.32. The summed E-state index contributed by atoms with van der Waals surface area (Å²) >= 11 is 3.49. The largest absolute Gasteiger partial charge is 0.481 e. The number of carboxylic acids is 1. The van der Waals surface area contributed by atoms with E-state index >= 15 is 0 Å². The molecule has 4 heteroatoms. The van der Waals surface area contributed by atoms with Crippen molar-refractivity contribution in [2.75, 3.05) is 14.1 Å². The predicted octanol–water partition coefficient (Wildman–Crippen LogP) is 3.16. The Morgan fingerprint density at radius 3 is 2.41 bits per heavy atom. The van der Waals surface area contributed by atoms with Gasteiger partial charge in [-0.15, -0.1) is 0 Å². The summed E-state index contributed by atoms with van der Waals surface area (Å²) in [4.78, 5) is 13.3. The summed E-state index contributed by atoms with van der Waals surface area (Å²) in [6.07, 6.45) is 0.611. The van der Waals surface area contributed by atoms with Gasteiger partial charge in [0, 0.05) is 10.5 Å². The van der Waals surface area contributed by atoms with Gasteiger partial charge in [-0.05, 0) is 32.1 Å². The van der Waals surface area contributed by atoms with E-state index in [1.165, 1.54) is 0 Å². The van der Waals surface area contributed by atoms with E-state index in [4.69, 9.17) is 0 Å². The van der Waals surface area contributed by atoms with Crippen molar-refractivity contribution < 1.29 is 9.90 Å². The molecule has 1 N–H and O–H groups in total. The van der Waals surface area contributed by atoms with Crippen molar-refractivity contribution in [1.29, 1.82) is 0 Å². The normalized spacial score (nSPS) is 14.6. The summed E-state index contributed by atoms with van der Waals surface area (Å²) in [5.41, 5.74) is 1.02. The van der Waals surface area contributed by atoms with Crippen LogP contribution in [-0.4, -0.2) is 30.1 Å². The molecule has 0 fully saturated rings. The van der Waals surface area contributed by atoms with Gasteiger partial charge >= 0.3 is 5.97 Å². The molecule has 0 spiro atoms. The predicted molar refractivity (Wildman–Crippen MR) is 72.0 cm³/mol. The van der Waals surface area contributed by atoms with E-state index in [0.29, 0.717) is 6.42 Å². The summed E-state index contributed by atoms with van der Waals surface area (Å²) < 4.78 is 0.957. The third-order valence-corrected chi connectivity index (χ3v) is 3.64. The van der Waals surface area contributed by atoms with Crippen molar-refractivity contribution in [2.24, 2.45) is 5.92 Å². The Labute approximate surface area is 111 Å². The van der Waals surface area contributed by atoms with Gasteiger partial charge in [-0.3, -0.25) is 4.79 Å². The fourth-order valence-electron chi connectivity index (χ4n) is 2.10. The average molecular weight is 300 g/mol. The van der Waals surface area contributed by atoms with E-state index in [2.05, 4.69) is 15.9 Å². The highest BCUT2D eigenvalue weighted by molar-refractivity contribution is 9.10. The molecule has 0 bridgehead atoms. The van der Waals surface area contributed by atoms with Crippen LogP contribution in [0.25, 0.3) is 0 Å². The van der Waals surface area contributed by atoms with Crippen molar-refractivity contribution in [3.05, 3.63) is 34.3 Å². The molecule has 2 atom stereocenters. The Morgan fingerprint density at radius 2 is 2.00 bits per heavy atom. The van der Waals surface area contributed by atoms with Crippen LogP contribution in [0.5, 0.6) is 0 Å². The summed E-state index contributed by atoms with van der Waals surface area (Å²) in [5, 5.41) is 9.30. The van der Waals surface area contributed by atoms with Gasteiger partial charge in [0.2, 0.25) is 0 Å². The Bertz CT molecular complexity index is 393. The van der Waals surface area contributed by atoms with Crippen LogP contribution >= 0.6 is 15.9 Å². The number of nitrogens with zero attached hydrogens (tertiary/aromatic N) is 1. The molecule has 0 heterocycles. The number of rotatable bonds is 5. The van der Waals surface area contributed by atoms with E-state index in [0.717, 1.165) is 10.0 Å². The van der Waals surface area contributed by atoms with Crippen LogP contribution in [0.15, 0.2) is 28.7 Å². The standard InChI is InChI=1S/C13H18BrNO2/c1-4-9(13(16)17)12(15(2)3)10-7-5-6-8-11(10)14/h5-9,12H,4H2,1-3H3,(H,16,17). The lowest BCUT2D eigenvalue weighted by molar-refractivity contribution is -0.144. The minimum atomic E-state index is -0.748. The number of halogens is 1. The van der Waals surface area contributed by atoms with E-state index in [1.54, 1.807) is 0 Å². The second-order valence-corrected chi connectivity index (χ2v) is 5.14. The van der Waals surface area contributed by atoms with Crippen LogP contribution in [0.2, 0.25) is 0 Å². The highest BCUT2D eigenvalue weighted by Crippen LogP contribution is 2.33. The molecule has 0 aliphatic rings. The number of carboxylic acid groups (broad SMARTS) is 1. The van der Waals surface area contributed by atoms with Gasteiger partial charge in [0.05, 0.1) is 5.92 Å². The minimum absolute atomic E-state index is 0.118. The van der Waals surface area contributed by atoms with E-state index in [-0.39, 0.29) is 6.04 Å². The highest BCUT2D eigenvalue weighted by atomic mass is 79.9. The van der Waals surface area contributed by atoms with Gasteiger partial charge in [0.1, 0.15) is 0 Å². The van der Waals surface area contributed by atoms with Crippen LogP contribution in [0, 0.1) is 5.92 Å². The van der Waals surface area contributed by atoms with Gasteiger partial charge in [0.25, 0.3) is 0 Å². The maximum atomic E-state index is 11.3. The van der Waals surface area contributed by atoms with Crippen LogP contribution in [-0.2, 0) is 4.79 Å². The lowest BCUT2D eigenvalue weighted by Gasteiger charge is -2.30. The molecule has 0 aliphatic heterocycles. The first kappa shape index (κ1) is 14.2. The second-order valence-electron chi connectivity index (χ2n) is 4.28. The van der Waals surface area contributed by atoms with Crippen molar-refractivity contribution in [3.63, 3.8) is 0 Å². The third kappa shape index (κ3) is 3.30. The molecule has 17 heavy (non-hydrogen) atoms. The number of hydrogen-bond donors (Lipinski definition) is 1. The van der Waals surface area contributed by atoms with Crippen LogP contribution in [0.3, 0.4) is 0 Å². The van der Waals surface area contributed by atoms with Crippen molar-refractivity contribution in [1.82, 2.24) is 4.90 Å². The Hall–Kier alpha value is -0.870. The van der Waals surface area contributed by atoms with Gasteiger partial charge in [-0.25, -0.2) is 0 Å². The average Bonchev–Trinajstić information content (AvgIpc) is 2.26. The minimum Gasteiger partial charge on any atom is -0.481 e. The van der Waals surface area contributed by atoms with Crippen molar-refractivity contribution in [2.45, 2.75) is 19.4 Å². The molecule has 1 rings (SSSR count). The maximum Gasteiger partial charge on any atom is 0.308 e. The summed E-state index contributed by atoms with van der Waals surface area (Å²) in [6.45, 7) is 1.91. The van der Waals surface area contributed by atoms with Gasteiger partial charge < -0.3 is 10.0 Å². The fraction of sp³-hybridized carbons (Fsp3) is 0.462. The van der Waals surface area contributed by atoms with Crippen molar-refractivity contribution >= 4 is 21.9 Å². The van der Waals surface area contributed by atoms with E-state index < -0.39 is 11.9 Å². The monoisotopic (exact) mass is 299 g/mol. The summed E-state index contributed by atoms with van der Waals surface area (Å²) in [7, 11) is 3.82. The Kier molecular flexibility index (Phi) is 5.15. The topological polar surface area (TPSA) is 40.5 Å². The summed E-state index contributed by atoms with van der Waals surface area (Å²) in [5.74, 6) is -1.15. The Morgan fingerprint density at radius 1 is 1.41 bits per heavy atom. The first-order chi connectivity index (χ1) is 7.99. The third-order valence-electron chi connectivity index (χ3n) is 2.92. The molecule has 2 unspecified atom stereocenters. The highest BCUT2D eigenvalue weighted by Gasteiger charge is 2.30. The molecule has 0 aliphatic carbocycles. The molecule has 1 aromatic rings. The van der Waals surface area contributed by atoms with Gasteiger partial charge in [0.15, 0.2) is 0 Å². The summed E-state index contributed by atoms with van der Waals surface area (Å²) in [6, 6.07) is 7.67. The molecule has 0 radical (unpaired) electrons. The van der Waals surface area contributed by atoms with Gasteiger partial charge in [-0.1, -0.05) is 41.1 Å². The molecule has 0 aromatic heterocycles. The molecule has 94 valence electrons. The smallest absolute Gasteiger partial charge is 0.308 e. The zero-order chi connectivity index (χ0) is 13.0. The van der Waals surface area contributed by atoms with Crippen molar-refractivity contribution in [3.8, 4) is 0 Å². The quantitative estimate of drug-likeness (QED) is 0.908.